The van der Waals surface area contributed by atoms with Gasteiger partial charge in [0.15, 0.2) is 0 Å². The molecule has 1 saturated heterocycles. The molecule has 0 spiro atoms. The molecule has 1 fully saturated rings. The molecule has 1 amide bonds. The maximum Gasteiger partial charge on any atom is 0.227 e. The normalized spacial score (nSPS) is 16.4. The van der Waals surface area contributed by atoms with Crippen molar-refractivity contribution < 1.29 is 4.79 Å². The molecule has 0 unspecified atom stereocenters. The number of hydrogen-bond donors (Lipinski definition) is 0. The highest BCUT2D eigenvalue weighted by Gasteiger charge is 2.35. The second kappa shape index (κ2) is 7.69. The fourth-order valence-corrected chi connectivity index (χ4v) is 4.75. The summed E-state index contributed by atoms with van der Waals surface area (Å²) in [5.41, 5.74) is 8.03. The van der Waals surface area contributed by atoms with Crippen LogP contribution in [-0.4, -0.2) is 22.0 Å². The van der Waals surface area contributed by atoms with Crippen molar-refractivity contribution in [3.05, 3.63) is 94.8 Å². The molecule has 0 N–H and O–H groups in total. The molecule has 3 aromatic carbocycles. The van der Waals surface area contributed by atoms with Gasteiger partial charge in [-0.25, -0.2) is 4.98 Å². The van der Waals surface area contributed by atoms with E-state index >= 15 is 0 Å². The van der Waals surface area contributed by atoms with Gasteiger partial charge in [-0.15, -0.1) is 0 Å². The van der Waals surface area contributed by atoms with Crippen molar-refractivity contribution in [1.29, 1.82) is 0 Å². The van der Waals surface area contributed by atoms with Crippen molar-refractivity contribution >= 4 is 22.6 Å². The standard InChI is InChI=1S/C27H27N3O/c1-18-12-13-24(20(3)14-18)29-17-22(15-26(29)31)27-28-23-10-6-7-11-25(23)30(27)16-21-9-5-4-8-19(21)2/h4-14,22H,15-17H2,1-3H3/t22-/m1/s1. The van der Waals surface area contributed by atoms with E-state index in [-0.39, 0.29) is 11.8 Å². The Morgan fingerprint density at radius 1 is 0.935 bits per heavy atom. The number of imidazole rings is 1. The fraction of sp³-hybridized carbons (Fsp3) is 0.259. The molecule has 0 saturated carbocycles. The number of amides is 1. The summed E-state index contributed by atoms with van der Waals surface area (Å²) in [6.07, 6.45) is 0.490. The van der Waals surface area contributed by atoms with E-state index in [4.69, 9.17) is 4.98 Å². The van der Waals surface area contributed by atoms with Gasteiger partial charge in [0.25, 0.3) is 0 Å². The predicted octanol–water partition coefficient (Wildman–Crippen LogP) is 5.53. The average Bonchev–Trinajstić information content (AvgIpc) is 3.30. The van der Waals surface area contributed by atoms with Crippen molar-refractivity contribution in [2.75, 3.05) is 11.4 Å². The number of carbonyl (C=O) groups excluding carboxylic acids is 1. The smallest absolute Gasteiger partial charge is 0.227 e. The predicted molar refractivity (Wildman–Crippen MR) is 126 cm³/mol. The molecule has 1 aromatic heterocycles. The Kier molecular flexibility index (Phi) is 4.85. The van der Waals surface area contributed by atoms with Gasteiger partial charge in [0, 0.05) is 31.1 Å². The molecule has 2 heterocycles. The van der Waals surface area contributed by atoms with Crippen LogP contribution in [0.3, 0.4) is 0 Å². The third-order valence-electron chi connectivity index (χ3n) is 6.41. The largest absolute Gasteiger partial charge is 0.323 e. The van der Waals surface area contributed by atoms with Crippen LogP contribution in [0.5, 0.6) is 0 Å². The molecule has 4 aromatic rings. The zero-order chi connectivity index (χ0) is 21.5. The van der Waals surface area contributed by atoms with E-state index in [1.807, 2.05) is 11.0 Å². The molecule has 0 radical (unpaired) electrons. The van der Waals surface area contributed by atoms with Crippen LogP contribution in [0.4, 0.5) is 5.69 Å². The van der Waals surface area contributed by atoms with Crippen LogP contribution in [-0.2, 0) is 11.3 Å². The van der Waals surface area contributed by atoms with Gasteiger partial charge in [-0.3, -0.25) is 4.79 Å². The lowest BCUT2D eigenvalue weighted by molar-refractivity contribution is -0.117. The summed E-state index contributed by atoms with van der Waals surface area (Å²) in [5.74, 6) is 1.25. The minimum atomic E-state index is 0.0737. The van der Waals surface area contributed by atoms with Gasteiger partial charge in [-0.2, -0.15) is 0 Å². The second-order valence-corrected chi connectivity index (χ2v) is 8.67. The number of aryl methyl sites for hydroxylation is 3. The average molecular weight is 410 g/mol. The summed E-state index contributed by atoms with van der Waals surface area (Å²) in [6.45, 7) is 7.74. The molecule has 0 aliphatic carbocycles. The minimum Gasteiger partial charge on any atom is -0.323 e. The van der Waals surface area contributed by atoms with Crippen molar-refractivity contribution in [3.8, 4) is 0 Å². The van der Waals surface area contributed by atoms with Gasteiger partial charge in [0.2, 0.25) is 5.91 Å². The minimum absolute atomic E-state index is 0.0737. The number of para-hydroxylation sites is 2. The lowest BCUT2D eigenvalue weighted by Gasteiger charge is -2.20. The second-order valence-electron chi connectivity index (χ2n) is 8.67. The number of anilines is 1. The van der Waals surface area contributed by atoms with E-state index in [0.717, 1.165) is 34.7 Å². The summed E-state index contributed by atoms with van der Waals surface area (Å²) in [6, 6.07) is 23.1. The first-order valence-corrected chi connectivity index (χ1v) is 10.9. The Hall–Kier alpha value is -3.40. The van der Waals surface area contributed by atoms with Gasteiger partial charge < -0.3 is 9.47 Å². The van der Waals surface area contributed by atoms with E-state index in [1.54, 1.807) is 0 Å². The summed E-state index contributed by atoms with van der Waals surface area (Å²) in [4.78, 5) is 20.0. The quantitative estimate of drug-likeness (QED) is 0.444. The Bertz CT molecular complexity index is 1290. The van der Waals surface area contributed by atoms with Crippen molar-refractivity contribution in [2.45, 2.75) is 39.7 Å². The molecule has 156 valence electrons. The van der Waals surface area contributed by atoms with Gasteiger partial charge in [0.05, 0.1) is 11.0 Å². The van der Waals surface area contributed by atoms with Crippen LogP contribution < -0.4 is 4.90 Å². The van der Waals surface area contributed by atoms with Crippen LogP contribution in [0.1, 0.15) is 40.4 Å². The first-order chi connectivity index (χ1) is 15.0. The Labute approximate surface area is 183 Å². The number of hydrogen-bond acceptors (Lipinski definition) is 2. The van der Waals surface area contributed by atoms with Crippen molar-refractivity contribution in [1.82, 2.24) is 9.55 Å². The van der Waals surface area contributed by atoms with Gasteiger partial charge in [-0.1, -0.05) is 54.1 Å². The fourth-order valence-electron chi connectivity index (χ4n) is 4.75. The third-order valence-corrected chi connectivity index (χ3v) is 6.41. The van der Waals surface area contributed by atoms with Gasteiger partial charge in [0.1, 0.15) is 5.82 Å². The molecule has 4 heteroatoms. The first-order valence-electron chi connectivity index (χ1n) is 10.9. The number of benzene rings is 3. The molecule has 1 aliphatic heterocycles. The highest BCUT2D eigenvalue weighted by atomic mass is 16.2. The van der Waals surface area contributed by atoms with Gasteiger partial charge in [-0.05, 0) is 55.7 Å². The highest BCUT2D eigenvalue weighted by Crippen LogP contribution is 2.35. The molecular weight excluding hydrogens is 382 g/mol. The number of carbonyl (C=O) groups is 1. The molecular formula is C27H27N3O. The maximum atomic E-state index is 13.0. The molecule has 5 rings (SSSR count). The van der Waals surface area contributed by atoms with Crippen molar-refractivity contribution in [3.63, 3.8) is 0 Å². The summed E-state index contributed by atoms with van der Waals surface area (Å²) in [5, 5.41) is 0. The number of fused-ring (bicyclic) bond motifs is 1. The Balaban J connectivity index is 1.54. The highest BCUT2D eigenvalue weighted by molar-refractivity contribution is 5.97. The third kappa shape index (κ3) is 3.52. The Morgan fingerprint density at radius 3 is 2.52 bits per heavy atom. The lowest BCUT2D eigenvalue weighted by Crippen LogP contribution is -2.25. The van der Waals surface area contributed by atoms with E-state index in [1.165, 1.54) is 16.7 Å². The van der Waals surface area contributed by atoms with E-state index < -0.39 is 0 Å². The van der Waals surface area contributed by atoms with E-state index in [9.17, 15) is 4.79 Å². The van der Waals surface area contributed by atoms with Crippen LogP contribution in [0.25, 0.3) is 11.0 Å². The number of nitrogens with zero attached hydrogens (tertiary/aromatic N) is 3. The lowest BCUT2D eigenvalue weighted by atomic mass is 10.1. The molecule has 4 nitrogen and oxygen atoms in total. The van der Waals surface area contributed by atoms with E-state index in [2.05, 4.69) is 86.0 Å². The number of aromatic nitrogens is 2. The topological polar surface area (TPSA) is 38.1 Å². The molecule has 0 bridgehead atoms. The number of rotatable bonds is 4. The van der Waals surface area contributed by atoms with Crippen LogP contribution in [0.2, 0.25) is 0 Å². The monoisotopic (exact) mass is 409 g/mol. The SMILES string of the molecule is Cc1ccc(N2C[C@H](c3nc4ccccc4n3Cc3ccccc3C)CC2=O)c(C)c1. The Morgan fingerprint density at radius 2 is 1.71 bits per heavy atom. The molecule has 1 atom stereocenters. The van der Waals surface area contributed by atoms with Crippen LogP contribution in [0.15, 0.2) is 66.7 Å². The van der Waals surface area contributed by atoms with E-state index in [0.29, 0.717) is 13.0 Å². The molecule has 1 aliphatic rings. The molecule has 31 heavy (non-hydrogen) atoms. The van der Waals surface area contributed by atoms with Crippen LogP contribution in [0, 0.1) is 20.8 Å². The summed E-state index contributed by atoms with van der Waals surface area (Å²) >= 11 is 0. The van der Waals surface area contributed by atoms with Crippen molar-refractivity contribution in [2.24, 2.45) is 0 Å². The summed E-state index contributed by atoms with van der Waals surface area (Å²) < 4.78 is 2.31. The van der Waals surface area contributed by atoms with Crippen LogP contribution >= 0.6 is 0 Å². The summed E-state index contributed by atoms with van der Waals surface area (Å²) in [7, 11) is 0. The van der Waals surface area contributed by atoms with Gasteiger partial charge >= 0.3 is 0 Å². The maximum absolute atomic E-state index is 13.0. The zero-order valence-corrected chi connectivity index (χ0v) is 18.3. The first kappa shape index (κ1) is 19.6. The zero-order valence-electron chi connectivity index (χ0n) is 18.3.